The van der Waals surface area contributed by atoms with E-state index in [1.165, 1.54) is 7.11 Å². The molecule has 7 nitrogen and oxygen atoms in total. The number of rotatable bonds is 5. The van der Waals surface area contributed by atoms with E-state index in [0.29, 0.717) is 18.7 Å². The first kappa shape index (κ1) is 17.1. The molecule has 25 heavy (non-hydrogen) atoms. The Balaban J connectivity index is 1.64. The van der Waals surface area contributed by atoms with Crippen molar-refractivity contribution >= 4 is 17.7 Å². The summed E-state index contributed by atoms with van der Waals surface area (Å²) in [5.74, 6) is -1.03. The highest BCUT2D eigenvalue weighted by atomic mass is 16.5. The molecule has 1 saturated heterocycles. The van der Waals surface area contributed by atoms with Crippen LogP contribution in [-0.2, 0) is 20.9 Å². The number of fused-ring (bicyclic) bond motifs is 1. The minimum absolute atomic E-state index is 0.243. The van der Waals surface area contributed by atoms with Gasteiger partial charge in [0.25, 0.3) is 0 Å². The van der Waals surface area contributed by atoms with Crippen LogP contribution in [0.4, 0.5) is 0 Å². The summed E-state index contributed by atoms with van der Waals surface area (Å²) >= 11 is 0. The van der Waals surface area contributed by atoms with Crippen molar-refractivity contribution in [1.29, 1.82) is 0 Å². The fraction of sp³-hybridized carbons (Fsp3) is 0.444. The van der Waals surface area contributed by atoms with Crippen molar-refractivity contribution in [2.24, 2.45) is 11.8 Å². The first-order chi connectivity index (χ1) is 12.0. The number of hydrogen-bond donors (Lipinski definition) is 1. The van der Waals surface area contributed by atoms with Crippen molar-refractivity contribution in [3.05, 3.63) is 36.0 Å². The molecule has 2 heterocycles. The summed E-state index contributed by atoms with van der Waals surface area (Å²) in [4.78, 5) is 42.6. The number of allylic oxidation sites excluding steroid dienone is 2. The van der Waals surface area contributed by atoms with Crippen LogP contribution in [0.1, 0.15) is 25.3 Å². The highest BCUT2D eigenvalue weighted by molar-refractivity contribution is 6.08. The topological polar surface area (TPSA) is 88.6 Å². The van der Waals surface area contributed by atoms with Gasteiger partial charge in [0.15, 0.2) is 0 Å². The summed E-state index contributed by atoms with van der Waals surface area (Å²) in [7, 11) is 1.52. The number of carbonyl (C=O) groups is 3. The highest BCUT2D eigenvalue weighted by Crippen LogP contribution is 2.36. The van der Waals surface area contributed by atoms with Crippen molar-refractivity contribution in [3.8, 4) is 5.88 Å². The second-order valence-electron chi connectivity index (χ2n) is 6.30. The van der Waals surface area contributed by atoms with Crippen molar-refractivity contribution in [2.45, 2.75) is 32.4 Å². The molecule has 3 amide bonds. The minimum Gasteiger partial charge on any atom is -0.481 e. The maximum Gasteiger partial charge on any atom is 0.243 e. The zero-order chi connectivity index (χ0) is 18.0. The van der Waals surface area contributed by atoms with Crippen LogP contribution < -0.4 is 10.1 Å². The van der Waals surface area contributed by atoms with Crippen molar-refractivity contribution in [2.75, 3.05) is 7.11 Å². The fourth-order valence-electron chi connectivity index (χ4n) is 3.33. The zero-order valence-corrected chi connectivity index (χ0v) is 14.3. The quantitative estimate of drug-likeness (QED) is 0.638. The predicted molar refractivity (Wildman–Crippen MR) is 89.3 cm³/mol. The molecule has 3 unspecified atom stereocenters. The molecule has 2 aliphatic rings. The molecule has 1 aliphatic heterocycles. The molecule has 0 saturated carbocycles. The maximum atomic E-state index is 12.5. The lowest BCUT2D eigenvalue weighted by Gasteiger charge is -2.22. The summed E-state index contributed by atoms with van der Waals surface area (Å²) in [6.45, 7) is 1.86. The molecule has 1 fully saturated rings. The van der Waals surface area contributed by atoms with Gasteiger partial charge in [0.1, 0.15) is 6.04 Å². The van der Waals surface area contributed by atoms with Gasteiger partial charge in [-0.1, -0.05) is 12.2 Å². The molecule has 3 rings (SSSR count). The second-order valence-corrected chi connectivity index (χ2v) is 6.30. The van der Waals surface area contributed by atoms with E-state index in [-0.39, 0.29) is 36.1 Å². The summed E-state index contributed by atoms with van der Waals surface area (Å²) in [6, 6.07) is 2.66. The molecule has 1 aliphatic carbocycles. The normalized spacial score (nSPS) is 23.4. The smallest absolute Gasteiger partial charge is 0.243 e. The molecule has 0 aromatic carbocycles. The number of nitrogens with zero attached hydrogens (tertiary/aromatic N) is 2. The first-order valence-electron chi connectivity index (χ1n) is 8.31. The van der Waals surface area contributed by atoms with Gasteiger partial charge in [-0.05, 0) is 31.4 Å². The Hall–Kier alpha value is -2.70. The Kier molecular flexibility index (Phi) is 4.83. The van der Waals surface area contributed by atoms with Gasteiger partial charge in [0, 0.05) is 18.8 Å². The summed E-state index contributed by atoms with van der Waals surface area (Å²) in [6.07, 6.45) is 6.58. The lowest BCUT2D eigenvalue weighted by atomic mass is 9.85. The number of pyridine rings is 1. The van der Waals surface area contributed by atoms with Crippen molar-refractivity contribution in [1.82, 2.24) is 15.2 Å². The molecule has 1 aromatic rings. The van der Waals surface area contributed by atoms with Crippen LogP contribution in [0.15, 0.2) is 30.5 Å². The molecule has 3 atom stereocenters. The summed E-state index contributed by atoms with van der Waals surface area (Å²) < 4.78 is 5.05. The van der Waals surface area contributed by atoms with E-state index in [2.05, 4.69) is 10.3 Å². The van der Waals surface area contributed by atoms with Gasteiger partial charge in [0.05, 0.1) is 18.9 Å². The van der Waals surface area contributed by atoms with Crippen LogP contribution in [-0.4, -0.2) is 40.8 Å². The molecule has 0 radical (unpaired) electrons. The van der Waals surface area contributed by atoms with Crippen LogP contribution >= 0.6 is 0 Å². The van der Waals surface area contributed by atoms with E-state index in [9.17, 15) is 14.4 Å². The Morgan fingerprint density at radius 1 is 1.32 bits per heavy atom. The molecule has 1 N–H and O–H groups in total. The Labute approximate surface area is 146 Å². The van der Waals surface area contributed by atoms with Gasteiger partial charge >= 0.3 is 0 Å². The molecular formula is C18H21N3O4. The molecular weight excluding hydrogens is 322 g/mol. The zero-order valence-electron chi connectivity index (χ0n) is 14.3. The van der Waals surface area contributed by atoms with Crippen LogP contribution in [0.3, 0.4) is 0 Å². The third kappa shape index (κ3) is 3.26. The third-order valence-corrected chi connectivity index (χ3v) is 4.78. The average molecular weight is 343 g/mol. The maximum absolute atomic E-state index is 12.5. The van der Waals surface area contributed by atoms with Crippen molar-refractivity contribution < 1.29 is 19.1 Å². The van der Waals surface area contributed by atoms with Crippen LogP contribution in [0.2, 0.25) is 0 Å². The number of amides is 3. The highest BCUT2D eigenvalue weighted by Gasteiger charge is 2.49. The van der Waals surface area contributed by atoms with Crippen LogP contribution in [0.5, 0.6) is 5.88 Å². The van der Waals surface area contributed by atoms with E-state index in [0.717, 1.165) is 10.5 Å². The van der Waals surface area contributed by atoms with E-state index in [4.69, 9.17) is 4.74 Å². The van der Waals surface area contributed by atoms with Crippen molar-refractivity contribution in [3.63, 3.8) is 0 Å². The van der Waals surface area contributed by atoms with Crippen LogP contribution in [0.25, 0.3) is 0 Å². The monoisotopic (exact) mass is 343 g/mol. The van der Waals surface area contributed by atoms with E-state index in [1.54, 1.807) is 25.3 Å². The lowest BCUT2D eigenvalue weighted by Crippen LogP contribution is -2.48. The van der Waals surface area contributed by atoms with E-state index in [1.807, 2.05) is 12.2 Å². The fourth-order valence-corrected chi connectivity index (χ4v) is 3.33. The Morgan fingerprint density at radius 2 is 1.96 bits per heavy atom. The summed E-state index contributed by atoms with van der Waals surface area (Å²) in [5, 5.41) is 2.77. The number of likely N-dealkylation sites (tertiary alicyclic amines) is 1. The number of methoxy groups -OCH3 is 1. The number of hydrogen-bond acceptors (Lipinski definition) is 5. The molecule has 0 spiro atoms. The van der Waals surface area contributed by atoms with E-state index < -0.39 is 6.04 Å². The number of carbonyl (C=O) groups excluding carboxylic acids is 3. The second kappa shape index (κ2) is 7.04. The molecule has 0 bridgehead atoms. The standard InChI is InChI=1S/C18H21N3O4/c1-11(16(22)20-10-12-7-8-19-15(9-12)25-2)21-17(23)13-5-3-4-6-14(13)18(21)24/h3-4,7-9,11,13-14H,5-6,10H2,1-2H3,(H,20,22). The average Bonchev–Trinajstić information content (AvgIpc) is 2.90. The third-order valence-electron chi connectivity index (χ3n) is 4.78. The number of ether oxygens (including phenoxy) is 1. The molecule has 1 aromatic heterocycles. The SMILES string of the molecule is COc1cc(CNC(=O)C(C)N2C(=O)C3CC=CCC3C2=O)ccn1. The summed E-state index contributed by atoms with van der Waals surface area (Å²) in [5.41, 5.74) is 0.823. The van der Waals surface area contributed by atoms with Gasteiger partial charge in [-0.25, -0.2) is 4.98 Å². The molecule has 132 valence electrons. The Bertz CT molecular complexity index is 705. The van der Waals surface area contributed by atoms with Gasteiger partial charge < -0.3 is 10.1 Å². The molecule has 7 heteroatoms. The first-order valence-corrected chi connectivity index (χ1v) is 8.31. The largest absolute Gasteiger partial charge is 0.481 e. The van der Waals surface area contributed by atoms with Gasteiger partial charge in [-0.3, -0.25) is 19.3 Å². The number of nitrogens with one attached hydrogen (secondary N) is 1. The van der Waals surface area contributed by atoms with Crippen LogP contribution in [0, 0.1) is 11.8 Å². The van der Waals surface area contributed by atoms with Gasteiger partial charge in [0.2, 0.25) is 23.6 Å². The number of imide groups is 1. The predicted octanol–water partition coefficient (Wildman–Crippen LogP) is 1.05. The Morgan fingerprint density at radius 3 is 2.56 bits per heavy atom. The lowest BCUT2D eigenvalue weighted by molar-refractivity contribution is -0.147. The number of aromatic nitrogens is 1. The van der Waals surface area contributed by atoms with Gasteiger partial charge in [-0.15, -0.1) is 0 Å². The minimum atomic E-state index is -0.825. The van der Waals surface area contributed by atoms with E-state index >= 15 is 0 Å². The van der Waals surface area contributed by atoms with Gasteiger partial charge in [-0.2, -0.15) is 0 Å².